The Labute approximate surface area is 74.9 Å². The van der Waals surface area contributed by atoms with E-state index in [-0.39, 0.29) is 29.0 Å². The maximum Gasteiger partial charge on any atom is 0.161 e. The number of nitrogens with zero attached hydrogens (tertiary/aromatic N) is 2. The first-order valence-electron chi connectivity index (χ1n) is 3.51. The lowest BCUT2D eigenvalue weighted by molar-refractivity contribution is 0.400. The van der Waals surface area contributed by atoms with Gasteiger partial charge in [-0.25, -0.2) is 0 Å². The van der Waals surface area contributed by atoms with Gasteiger partial charge in [0.2, 0.25) is 0 Å². The van der Waals surface area contributed by atoms with Crippen LogP contribution in [0.5, 0.6) is 11.5 Å². The molecule has 64 valence electrons. The second-order valence-corrected chi connectivity index (χ2v) is 2.45. The lowest BCUT2D eigenvalue weighted by Gasteiger charge is -2.02. The van der Waals surface area contributed by atoms with Gasteiger partial charge in [-0.15, -0.1) is 0 Å². The molecule has 1 aromatic carbocycles. The topological polar surface area (TPSA) is 88.0 Å². The molecule has 1 aromatic rings. The number of phenols is 2. The number of benzene rings is 1. The van der Waals surface area contributed by atoms with Gasteiger partial charge in [-0.05, 0) is 6.07 Å². The largest absolute Gasteiger partial charge is 0.504 e. The van der Waals surface area contributed by atoms with E-state index in [2.05, 4.69) is 0 Å². The molecule has 4 nitrogen and oxygen atoms in total. The summed E-state index contributed by atoms with van der Waals surface area (Å²) >= 11 is 0. The van der Waals surface area contributed by atoms with E-state index in [1.165, 1.54) is 6.07 Å². The first-order chi connectivity index (χ1) is 6.19. The molecule has 1 rings (SSSR count). The fourth-order valence-corrected chi connectivity index (χ4v) is 0.962. The lowest BCUT2D eigenvalue weighted by atomic mass is 10.1. The quantitative estimate of drug-likeness (QED) is 0.622. The van der Waals surface area contributed by atoms with Gasteiger partial charge in [-0.3, -0.25) is 0 Å². The molecule has 0 aliphatic carbocycles. The fraction of sp³-hybridized carbons (Fsp3) is 0.111. The van der Waals surface area contributed by atoms with Gasteiger partial charge in [-0.2, -0.15) is 10.5 Å². The average molecular weight is 174 g/mol. The van der Waals surface area contributed by atoms with E-state index in [1.807, 2.05) is 12.1 Å². The predicted octanol–water partition coefficient (Wildman–Crippen LogP) is 1.04. The van der Waals surface area contributed by atoms with Crippen LogP contribution in [0, 0.1) is 22.7 Å². The Balaban J connectivity index is 3.28. The fourth-order valence-electron chi connectivity index (χ4n) is 0.962. The van der Waals surface area contributed by atoms with Crippen LogP contribution in [0.25, 0.3) is 0 Å². The van der Waals surface area contributed by atoms with E-state index < -0.39 is 0 Å². The second-order valence-electron chi connectivity index (χ2n) is 2.45. The van der Waals surface area contributed by atoms with Gasteiger partial charge in [-0.1, -0.05) is 0 Å². The summed E-state index contributed by atoms with van der Waals surface area (Å²) in [4.78, 5) is 0. The van der Waals surface area contributed by atoms with Gasteiger partial charge in [0.1, 0.15) is 0 Å². The minimum atomic E-state index is -0.371. The lowest BCUT2D eigenvalue weighted by Crippen LogP contribution is -1.86. The summed E-state index contributed by atoms with van der Waals surface area (Å²) in [6, 6.07) is 6.16. The summed E-state index contributed by atoms with van der Waals surface area (Å²) in [5.41, 5.74) is 0.486. The first-order valence-corrected chi connectivity index (χ1v) is 3.51. The molecule has 0 aliphatic rings. The molecule has 0 unspecified atom stereocenters. The van der Waals surface area contributed by atoms with E-state index in [1.54, 1.807) is 0 Å². The third-order valence-corrected chi connectivity index (χ3v) is 1.57. The van der Waals surface area contributed by atoms with Crippen molar-refractivity contribution in [3.8, 4) is 23.6 Å². The van der Waals surface area contributed by atoms with Gasteiger partial charge in [0.25, 0.3) is 0 Å². The Morgan fingerprint density at radius 2 is 1.92 bits per heavy atom. The Hall–Kier alpha value is -2.20. The highest BCUT2D eigenvalue weighted by atomic mass is 16.3. The highest BCUT2D eigenvalue weighted by Crippen LogP contribution is 2.30. The van der Waals surface area contributed by atoms with Gasteiger partial charge < -0.3 is 10.2 Å². The van der Waals surface area contributed by atoms with E-state index in [4.69, 9.17) is 15.6 Å². The maximum atomic E-state index is 9.24. The van der Waals surface area contributed by atoms with Gasteiger partial charge in [0.15, 0.2) is 11.5 Å². The van der Waals surface area contributed by atoms with Gasteiger partial charge >= 0.3 is 0 Å². The van der Waals surface area contributed by atoms with Gasteiger partial charge in [0.05, 0.1) is 24.1 Å². The Morgan fingerprint density at radius 3 is 2.46 bits per heavy atom. The van der Waals surface area contributed by atoms with Crippen molar-refractivity contribution in [2.45, 2.75) is 6.42 Å². The molecule has 0 heterocycles. The maximum absolute atomic E-state index is 9.24. The zero-order valence-corrected chi connectivity index (χ0v) is 6.65. The minimum absolute atomic E-state index is 0.0328. The molecule has 4 heteroatoms. The summed E-state index contributed by atoms with van der Waals surface area (Å²) in [6.07, 6.45) is -0.0328. The van der Waals surface area contributed by atoms with Crippen molar-refractivity contribution in [2.75, 3.05) is 0 Å². The van der Waals surface area contributed by atoms with Crippen LogP contribution in [0.4, 0.5) is 0 Å². The molecule has 0 aliphatic heterocycles. The van der Waals surface area contributed by atoms with E-state index in [0.717, 1.165) is 6.07 Å². The van der Waals surface area contributed by atoms with E-state index in [9.17, 15) is 5.11 Å². The molecule has 0 fully saturated rings. The van der Waals surface area contributed by atoms with Crippen LogP contribution < -0.4 is 0 Å². The van der Waals surface area contributed by atoms with Crippen molar-refractivity contribution in [2.24, 2.45) is 0 Å². The number of phenolic OH excluding ortho intramolecular Hbond substituents is 2. The van der Waals surface area contributed by atoms with Crippen molar-refractivity contribution in [1.82, 2.24) is 0 Å². The molecular formula is C9H6N2O2. The van der Waals surface area contributed by atoms with Crippen LogP contribution >= 0.6 is 0 Å². The summed E-state index contributed by atoms with van der Waals surface area (Å²) in [5.74, 6) is -0.704. The molecular weight excluding hydrogens is 168 g/mol. The molecule has 0 radical (unpaired) electrons. The van der Waals surface area contributed by atoms with Crippen LogP contribution in [0.2, 0.25) is 0 Å². The molecule has 0 spiro atoms. The summed E-state index contributed by atoms with van der Waals surface area (Å²) < 4.78 is 0. The first kappa shape index (κ1) is 8.89. The number of rotatable bonds is 1. The molecule has 2 N–H and O–H groups in total. The third-order valence-electron chi connectivity index (χ3n) is 1.57. The molecule has 0 saturated heterocycles. The van der Waals surface area contributed by atoms with E-state index in [0.29, 0.717) is 0 Å². The molecule has 0 bridgehead atoms. The van der Waals surface area contributed by atoms with Crippen molar-refractivity contribution >= 4 is 0 Å². The predicted molar refractivity (Wildman–Crippen MR) is 43.8 cm³/mol. The standard InChI is InChI=1S/C9H6N2O2/c10-2-1-7-3-6(5-11)4-8(12)9(7)13/h3-4,12-13H,1H2. The minimum Gasteiger partial charge on any atom is -0.504 e. The van der Waals surface area contributed by atoms with Crippen molar-refractivity contribution < 1.29 is 10.2 Å². The molecule has 13 heavy (non-hydrogen) atoms. The number of nitriles is 2. The van der Waals surface area contributed by atoms with Crippen LogP contribution in [0.3, 0.4) is 0 Å². The Morgan fingerprint density at radius 1 is 1.23 bits per heavy atom. The Bertz CT molecular complexity index is 413. The molecule has 0 saturated carbocycles. The third kappa shape index (κ3) is 1.69. The van der Waals surface area contributed by atoms with Crippen LogP contribution in [0.1, 0.15) is 11.1 Å². The van der Waals surface area contributed by atoms with Crippen LogP contribution in [0.15, 0.2) is 12.1 Å². The number of hydrogen-bond acceptors (Lipinski definition) is 4. The van der Waals surface area contributed by atoms with Crippen molar-refractivity contribution in [3.63, 3.8) is 0 Å². The average Bonchev–Trinajstić information content (AvgIpc) is 2.13. The summed E-state index contributed by atoms with van der Waals surface area (Å²) in [5, 5.41) is 35.3. The van der Waals surface area contributed by atoms with Crippen molar-refractivity contribution in [3.05, 3.63) is 23.3 Å². The smallest absolute Gasteiger partial charge is 0.161 e. The molecule has 0 aromatic heterocycles. The summed E-state index contributed by atoms with van der Waals surface area (Å²) in [6.45, 7) is 0. The monoisotopic (exact) mass is 174 g/mol. The Kier molecular flexibility index (Phi) is 2.37. The van der Waals surface area contributed by atoms with E-state index >= 15 is 0 Å². The summed E-state index contributed by atoms with van der Waals surface area (Å²) in [7, 11) is 0. The number of aromatic hydroxyl groups is 2. The second kappa shape index (κ2) is 3.46. The highest BCUT2D eigenvalue weighted by Gasteiger charge is 2.08. The van der Waals surface area contributed by atoms with Crippen molar-refractivity contribution in [1.29, 1.82) is 10.5 Å². The number of hydrogen-bond donors (Lipinski definition) is 2. The zero-order valence-electron chi connectivity index (χ0n) is 6.65. The molecule has 0 amide bonds. The molecule has 0 atom stereocenters. The SMILES string of the molecule is N#CCc1cc(C#N)cc(O)c1O. The van der Waals surface area contributed by atoms with Crippen LogP contribution in [-0.4, -0.2) is 10.2 Å². The van der Waals surface area contributed by atoms with Crippen LogP contribution in [-0.2, 0) is 6.42 Å². The van der Waals surface area contributed by atoms with Gasteiger partial charge in [0, 0.05) is 11.6 Å². The zero-order chi connectivity index (χ0) is 9.84. The highest BCUT2D eigenvalue weighted by molar-refractivity contribution is 5.51. The normalized spacial score (nSPS) is 8.77.